The lowest BCUT2D eigenvalue weighted by atomic mass is 10.0. The molecule has 0 aliphatic heterocycles. The highest BCUT2D eigenvalue weighted by Crippen LogP contribution is 2.09. The number of amides is 1. The summed E-state index contributed by atoms with van der Waals surface area (Å²) >= 11 is 0. The molecule has 0 unspecified atom stereocenters. The second kappa shape index (κ2) is 5.39. The smallest absolute Gasteiger partial charge is 0.406 e. The number of rotatable bonds is 3. The minimum Gasteiger partial charge on any atom is -0.453 e. The molecule has 0 spiro atoms. The highest BCUT2D eigenvalue weighted by atomic mass is 16.5. The average Bonchev–Trinajstić information content (AvgIpc) is 2.23. The largest absolute Gasteiger partial charge is 0.453 e. The van der Waals surface area contributed by atoms with Crippen LogP contribution in [0.25, 0.3) is 0 Å². The summed E-state index contributed by atoms with van der Waals surface area (Å²) in [6.45, 7) is 4.79. The molecule has 3 heteroatoms. The number of carbonyl (C=O) groups is 1. The molecule has 1 rings (SSSR count). The maximum Gasteiger partial charge on any atom is 0.406 e. The molecular weight excluding hydrogens is 190 g/mol. The van der Waals surface area contributed by atoms with Crippen LogP contribution < -0.4 is 5.32 Å². The Kier molecular flexibility index (Phi) is 4.16. The van der Waals surface area contributed by atoms with Crippen LogP contribution in [0.5, 0.6) is 0 Å². The molecule has 15 heavy (non-hydrogen) atoms. The number of aryl methyl sites for hydroxylation is 2. The molecule has 0 fully saturated rings. The van der Waals surface area contributed by atoms with Gasteiger partial charge in [0.25, 0.3) is 0 Å². The van der Waals surface area contributed by atoms with Crippen molar-refractivity contribution in [1.29, 1.82) is 0 Å². The van der Waals surface area contributed by atoms with Crippen molar-refractivity contribution in [3.8, 4) is 0 Å². The number of hydrogen-bond acceptors (Lipinski definition) is 2. The first-order chi connectivity index (χ1) is 7.13. The maximum atomic E-state index is 10.8. The van der Waals surface area contributed by atoms with Crippen LogP contribution in [-0.4, -0.2) is 19.7 Å². The zero-order chi connectivity index (χ0) is 11.3. The molecule has 1 aromatic carbocycles. The van der Waals surface area contributed by atoms with Gasteiger partial charge in [0.1, 0.15) is 0 Å². The Balaban J connectivity index is 2.44. The fraction of sp³-hybridized carbons (Fsp3) is 0.417. The van der Waals surface area contributed by atoms with Gasteiger partial charge in [-0.25, -0.2) is 4.79 Å². The van der Waals surface area contributed by atoms with E-state index < -0.39 is 0 Å². The van der Waals surface area contributed by atoms with Crippen molar-refractivity contribution in [2.45, 2.75) is 20.3 Å². The van der Waals surface area contributed by atoms with Crippen LogP contribution in [-0.2, 0) is 11.2 Å². The second-order valence-electron chi connectivity index (χ2n) is 3.59. The van der Waals surface area contributed by atoms with Gasteiger partial charge in [-0.05, 0) is 37.0 Å². The number of nitrogens with one attached hydrogen (secondary N) is 1. The first-order valence-corrected chi connectivity index (χ1v) is 5.01. The van der Waals surface area contributed by atoms with E-state index in [1.807, 2.05) is 0 Å². The summed E-state index contributed by atoms with van der Waals surface area (Å²) in [4.78, 5) is 10.8. The molecule has 82 valence electrons. The highest BCUT2D eigenvalue weighted by molar-refractivity contribution is 5.66. The van der Waals surface area contributed by atoms with Gasteiger partial charge >= 0.3 is 6.09 Å². The van der Waals surface area contributed by atoms with Crippen molar-refractivity contribution in [2.24, 2.45) is 0 Å². The van der Waals surface area contributed by atoms with Gasteiger partial charge in [-0.2, -0.15) is 0 Å². The molecule has 0 saturated carbocycles. The summed E-state index contributed by atoms with van der Waals surface area (Å²) in [5.74, 6) is 0. The Bertz CT molecular complexity index is 347. The van der Waals surface area contributed by atoms with Crippen molar-refractivity contribution in [1.82, 2.24) is 5.32 Å². The van der Waals surface area contributed by atoms with Gasteiger partial charge in [0.2, 0.25) is 0 Å². The van der Waals surface area contributed by atoms with E-state index in [1.165, 1.54) is 23.8 Å². The van der Waals surface area contributed by atoms with Crippen LogP contribution in [0, 0.1) is 13.8 Å². The zero-order valence-corrected chi connectivity index (χ0v) is 9.46. The zero-order valence-electron chi connectivity index (χ0n) is 9.46. The first kappa shape index (κ1) is 11.6. The summed E-state index contributed by atoms with van der Waals surface area (Å²) in [5, 5.41) is 2.65. The summed E-state index contributed by atoms with van der Waals surface area (Å²) < 4.78 is 4.48. The fourth-order valence-corrected chi connectivity index (χ4v) is 1.34. The summed E-state index contributed by atoms with van der Waals surface area (Å²) in [6.07, 6.45) is 0.454. The van der Waals surface area contributed by atoms with Crippen LogP contribution in [0.15, 0.2) is 18.2 Å². The van der Waals surface area contributed by atoms with Crippen molar-refractivity contribution in [3.05, 3.63) is 34.9 Å². The predicted octanol–water partition coefficient (Wildman–Crippen LogP) is 2.20. The number of carbonyl (C=O) groups excluding carboxylic acids is 1. The van der Waals surface area contributed by atoms with E-state index in [1.54, 1.807) is 0 Å². The predicted molar refractivity (Wildman–Crippen MR) is 60.0 cm³/mol. The minimum absolute atomic E-state index is 0.376. The third kappa shape index (κ3) is 3.62. The number of ether oxygens (including phenoxy) is 1. The average molecular weight is 207 g/mol. The Labute approximate surface area is 90.4 Å². The molecule has 0 saturated heterocycles. The first-order valence-electron chi connectivity index (χ1n) is 5.01. The number of hydrogen-bond donors (Lipinski definition) is 1. The molecule has 0 bridgehead atoms. The molecular formula is C12H17NO2. The second-order valence-corrected chi connectivity index (χ2v) is 3.59. The quantitative estimate of drug-likeness (QED) is 0.825. The Hall–Kier alpha value is -1.51. The van der Waals surface area contributed by atoms with E-state index in [2.05, 4.69) is 42.1 Å². The van der Waals surface area contributed by atoms with E-state index in [-0.39, 0.29) is 6.09 Å². The molecule has 1 amide bonds. The third-order valence-electron chi connectivity index (χ3n) is 2.44. The minimum atomic E-state index is -0.376. The lowest BCUT2D eigenvalue weighted by Gasteiger charge is -2.06. The van der Waals surface area contributed by atoms with E-state index in [0.717, 1.165) is 6.42 Å². The van der Waals surface area contributed by atoms with Gasteiger partial charge in [0.05, 0.1) is 7.11 Å². The molecule has 0 aliphatic carbocycles. The monoisotopic (exact) mass is 207 g/mol. The molecule has 0 atom stereocenters. The van der Waals surface area contributed by atoms with Gasteiger partial charge in [-0.1, -0.05) is 18.2 Å². The van der Waals surface area contributed by atoms with Gasteiger partial charge < -0.3 is 10.1 Å². The van der Waals surface area contributed by atoms with Crippen molar-refractivity contribution >= 4 is 6.09 Å². The van der Waals surface area contributed by atoms with E-state index in [4.69, 9.17) is 0 Å². The molecule has 3 nitrogen and oxygen atoms in total. The molecule has 1 N–H and O–H groups in total. The van der Waals surface area contributed by atoms with E-state index in [9.17, 15) is 4.79 Å². The summed E-state index contributed by atoms with van der Waals surface area (Å²) in [7, 11) is 1.37. The standard InChI is InChI=1S/C12H17NO2/c1-9-4-5-11(8-10(9)2)6-7-13-12(14)15-3/h4-5,8H,6-7H2,1-3H3,(H,13,14). The maximum absolute atomic E-state index is 10.8. The van der Waals surface area contributed by atoms with E-state index >= 15 is 0 Å². The molecule has 0 radical (unpaired) electrons. The lowest BCUT2D eigenvalue weighted by molar-refractivity contribution is 0.171. The van der Waals surface area contributed by atoms with Crippen LogP contribution in [0.2, 0.25) is 0 Å². The van der Waals surface area contributed by atoms with Crippen LogP contribution in [0.3, 0.4) is 0 Å². The van der Waals surface area contributed by atoms with Crippen molar-refractivity contribution in [3.63, 3.8) is 0 Å². The van der Waals surface area contributed by atoms with Crippen LogP contribution >= 0.6 is 0 Å². The van der Waals surface area contributed by atoms with Gasteiger partial charge in [0.15, 0.2) is 0 Å². The van der Waals surface area contributed by atoms with Crippen molar-refractivity contribution in [2.75, 3.05) is 13.7 Å². The molecule has 0 heterocycles. The Morgan fingerprint density at radius 3 is 2.67 bits per heavy atom. The van der Waals surface area contributed by atoms with Crippen molar-refractivity contribution < 1.29 is 9.53 Å². The number of alkyl carbamates (subject to hydrolysis) is 1. The Morgan fingerprint density at radius 1 is 1.33 bits per heavy atom. The lowest BCUT2D eigenvalue weighted by Crippen LogP contribution is -2.25. The highest BCUT2D eigenvalue weighted by Gasteiger charge is 1.99. The summed E-state index contributed by atoms with van der Waals surface area (Å²) in [5.41, 5.74) is 3.81. The fourth-order valence-electron chi connectivity index (χ4n) is 1.34. The molecule has 0 aromatic heterocycles. The number of benzene rings is 1. The van der Waals surface area contributed by atoms with Gasteiger partial charge in [-0.15, -0.1) is 0 Å². The van der Waals surface area contributed by atoms with Gasteiger partial charge in [0, 0.05) is 6.54 Å². The van der Waals surface area contributed by atoms with E-state index in [0.29, 0.717) is 6.54 Å². The number of methoxy groups -OCH3 is 1. The topological polar surface area (TPSA) is 38.3 Å². The third-order valence-corrected chi connectivity index (χ3v) is 2.44. The van der Waals surface area contributed by atoms with Gasteiger partial charge in [-0.3, -0.25) is 0 Å². The molecule has 0 aliphatic rings. The Morgan fingerprint density at radius 2 is 2.07 bits per heavy atom. The molecule has 1 aromatic rings. The summed E-state index contributed by atoms with van der Waals surface area (Å²) in [6, 6.07) is 6.33. The SMILES string of the molecule is COC(=O)NCCc1ccc(C)c(C)c1. The van der Waals surface area contributed by atoms with Crippen LogP contribution in [0.4, 0.5) is 4.79 Å². The normalized spacial score (nSPS) is 9.80. The van der Waals surface area contributed by atoms with Crippen LogP contribution in [0.1, 0.15) is 16.7 Å².